The lowest BCUT2D eigenvalue weighted by Gasteiger charge is -2.35. The number of nitrogens with zero attached hydrogens (tertiary/aromatic N) is 3. The van der Waals surface area contributed by atoms with Gasteiger partial charge in [-0.3, -0.25) is 9.89 Å². The molecule has 0 radical (unpaired) electrons. The lowest BCUT2D eigenvalue weighted by Crippen LogP contribution is -2.50. The second-order valence-corrected chi connectivity index (χ2v) is 9.44. The van der Waals surface area contributed by atoms with Gasteiger partial charge in [-0.1, -0.05) is 27.7 Å². The Bertz CT molecular complexity index is 452. The Morgan fingerprint density at radius 1 is 1.07 bits per heavy atom. The molecule has 172 valence electrons. The monoisotopic (exact) mass is 523 g/mol. The van der Waals surface area contributed by atoms with Crippen LogP contribution in [-0.4, -0.2) is 87.9 Å². The number of hydrogen-bond acceptors (Lipinski definition) is 4. The number of hydrogen-bond donors (Lipinski definition) is 2. The summed E-state index contributed by atoms with van der Waals surface area (Å²) in [4.78, 5) is 9.52. The molecule has 3 unspecified atom stereocenters. The summed E-state index contributed by atoms with van der Waals surface area (Å²) in [5.41, 5.74) is 0. The molecule has 2 fully saturated rings. The summed E-state index contributed by atoms with van der Waals surface area (Å²) in [5.74, 6) is 3.30. The van der Waals surface area contributed by atoms with Crippen LogP contribution in [0.3, 0.4) is 0 Å². The molecule has 0 saturated carbocycles. The first-order valence-electron chi connectivity index (χ1n) is 11.5. The van der Waals surface area contributed by atoms with Crippen LogP contribution in [0.2, 0.25) is 0 Å². The molecule has 6 nitrogen and oxygen atoms in total. The molecule has 2 aliphatic heterocycles. The summed E-state index contributed by atoms with van der Waals surface area (Å²) < 4.78 is 5.92. The van der Waals surface area contributed by atoms with Crippen molar-refractivity contribution in [1.82, 2.24) is 20.4 Å². The quantitative estimate of drug-likeness (QED) is 0.211. The molecule has 0 amide bonds. The van der Waals surface area contributed by atoms with Crippen LogP contribution in [0.25, 0.3) is 0 Å². The minimum absolute atomic E-state index is 0. The Balaban J connectivity index is 0.00000420. The van der Waals surface area contributed by atoms with Gasteiger partial charge in [-0.15, -0.1) is 24.0 Å². The Morgan fingerprint density at radius 2 is 1.79 bits per heavy atom. The molecular weight excluding hydrogens is 477 g/mol. The lowest BCUT2D eigenvalue weighted by molar-refractivity contribution is -0.0284. The van der Waals surface area contributed by atoms with Crippen molar-refractivity contribution >= 4 is 29.9 Å². The van der Waals surface area contributed by atoms with Crippen LogP contribution in [-0.2, 0) is 4.74 Å². The highest BCUT2D eigenvalue weighted by molar-refractivity contribution is 14.0. The van der Waals surface area contributed by atoms with Gasteiger partial charge in [-0.05, 0) is 43.6 Å². The van der Waals surface area contributed by atoms with Gasteiger partial charge < -0.3 is 20.3 Å². The summed E-state index contributed by atoms with van der Waals surface area (Å²) in [6.45, 7) is 18.9. The molecule has 0 aromatic heterocycles. The van der Waals surface area contributed by atoms with E-state index in [1.165, 1.54) is 38.9 Å². The Morgan fingerprint density at radius 3 is 2.45 bits per heavy atom. The molecule has 7 heteroatoms. The summed E-state index contributed by atoms with van der Waals surface area (Å²) in [6.07, 6.45) is 4.07. The normalized spacial score (nSPS) is 27.0. The second-order valence-electron chi connectivity index (χ2n) is 9.44. The molecule has 0 aromatic rings. The molecule has 2 rings (SSSR count). The number of likely N-dealkylation sites (tertiary alicyclic amines) is 1. The van der Waals surface area contributed by atoms with E-state index in [0.717, 1.165) is 57.1 Å². The number of morpholine rings is 1. The van der Waals surface area contributed by atoms with Crippen LogP contribution in [0.15, 0.2) is 4.99 Å². The van der Waals surface area contributed by atoms with Crippen molar-refractivity contribution in [1.29, 1.82) is 0 Å². The maximum absolute atomic E-state index is 5.92. The zero-order valence-electron chi connectivity index (χ0n) is 19.5. The first-order valence-corrected chi connectivity index (χ1v) is 11.5. The molecule has 2 saturated heterocycles. The number of piperidine rings is 1. The third-order valence-electron chi connectivity index (χ3n) is 5.71. The number of nitrogens with one attached hydrogen (secondary N) is 2. The van der Waals surface area contributed by atoms with Crippen LogP contribution in [0.4, 0.5) is 0 Å². The largest absolute Gasteiger partial charge is 0.374 e. The van der Waals surface area contributed by atoms with Gasteiger partial charge >= 0.3 is 0 Å². The van der Waals surface area contributed by atoms with Crippen molar-refractivity contribution < 1.29 is 4.74 Å². The van der Waals surface area contributed by atoms with Gasteiger partial charge in [-0.2, -0.15) is 0 Å². The van der Waals surface area contributed by atoms with E-state index in [0.29, 0.717) is 5.92 Å². The van der Waals surface area contributed by atoms with Gasteiger partial charge in [0.2, 0.25) is 0 Å². The Labute approximate surface area is 196 Å². The minimum atomic E-state index is 0. The first-order chi connectivity index (χ1) is 13.5. The molecule has 3 atom stereocenters. The van der Waals surface area contributed by atoms with E-state index >= 15 is 0 Å². The van der Waals surface area contributed by atoms with E-state index < -0.39 is 0 Å². The van der Waals surface area contributed by atoms with E-state index in [1.54, 1.807) is 0 Å². The maximum Gasteiger partial charge on any atom is 0.191 e. The van der Waals surface area contributed by atoms with Crippen molar-refractivity contribution in [2.24, 2.45) is 22.7 Å². The van der Waals surface area contributed by atoms with E-state index in [4.69, 9.17) is 4.74 Å². The molecular formula is C22H46IN5O. The average molecular weight is 524 g/mol. The second kappa shape index (κ2) is 14.8. The number of guanidine groups is 1. The van der Waals surface area contributed by atoms with Crippen molar-refractivity contribution in [3.05, 3.63) is 0 Å². The van der Waals surface area contributed by atoms with E-state index in [9.17, 15) is 0 Å². The van der Waals surface area contributed by atoms with Crippen LogP contribution in [0.1, 0.15) is 47.0 Å². The third kappa shape index (κ3) is 11.2. The highest BCUT2D eigenvalue weighted by Gasteiger charge is 2.22. The van der Waals surface area contributed by atoms with Gasteiger partial charge in [0.1, 0.15) is 0 Å². The number of halogens is 1. The molecule has 0 spiro atoms. The van der Waals surface area contributed by atoms with Crippen LogP contribution in [0.5, 0.6) is 0 Å². The van der Waals surface area contributed by atoms with Crippen molar-refractivity contribution in [2.45, 2.75) is 53.1 Å². The molecule has 2 aliphatic rings. The summed E-state index contributed by atoms with van der Waals surface area (Å²) >= 11 is 0. The van der Waals surface area contributed by atoms with E-state index in [-0.39, 0.29) is 30.1 Å². The SMILES string of the molecule is CN=C(NCCCCN1CC(C)CC(C)C1)NCC1CN(CC(C)C)CCO1.I. The van der Waals surface area contributed by atoms with Gasteiger partial charge in [0.15, 0.2) is 5.96 Å². The lowest BCUT2D eigenvalue weighted by atomic mass is 9.92. The number of rotatable bonds is 9. The zero-order valence-corrected chi connectivity index (χ0v) is 21.8. The highest BCUT2D eigenvalue weighted by Crippen LogP contribution is 2.20. The minimum Gasteiger partial charge on any atom is -0.374 e. The highest BCUT2D eigenvalue weighted by atomic mass is 127. The van der Waals surface area contributed by atoms with Crippen molar-refractivity contribution in [2.75, 3.05) is 66.0 Å². The van der Waals surface area contributed by atoms with Crippen LogP contribution >= 0.6 is 24.0 Å². The van der Waals surface area contributed by atoms with E-state index in [2.05, 4.69) is 53.1 Å². The first kappa shape index (κ1) is 26.9. The standard InChI is InChI=1S/C22H45N5O.HI/c1-18(2)14-27-10-11-28-21(17-27)13-25-22(23-5)24-8-6-7-9-26-15-19(3)12-20(4)16-26;/h18-21H,6-17H2,1-5H3,(H2,23,24,25);1H. The van der Waals surface area contributed by atoms with Gasteiger partial charge in [0, 0.05) is 52.9 Å². The third-order valence-corrected chi connectivity index (χ3v) is 5.71. The van der Waals surface area contributed by atoms with Crippen LogP contribution < -0.4 is 10.6 Å². The predicted molar refractivity (Wildman–Crippen MR) is 134 cm³/mol. The summed E-state index contributed by atoms with van der Waals surface area (Å²) in [7, 11) is 1.85. The Hall–Kier alpha value is -0.120. The predicted octanol–water partition coefficient (Wildman–Crippen LogP) is 2.88. The fraction of sp³-hybridized carbons (Fsp3) is 0.955. The topological polar surface area (TPSA) is 52.1 Å². The smallest absolute Gasteiger partial charge is 0.191 e. The molecule has 2 N–H and O–H groups in total. The molecule has 0 bridgehead atoms. The van der Waals surface area contributed by atoms with Gasteiger partial charge in [0.05, 0.1) is 12.7 Å². The fourth-order valence-corrected chi connectivity index (χ4v) is 4.66. The molecule has 29 heavy (non-hydrogen) atoms. The average Bonchev–Trinajstić information content (AvgIpc) is 2.63. The fourth-order valence-electron chi connectivity index (χ4n) is 4.66. The van der Waals surface area contributed by atoms with Crippen LogP contribution in [0, 0.1) is 17.8 Å². The number of unbranched alkanes of at least 4 members (excludes halogenated alkanes) is 1. The number of aliphatic imine (C=N–C) groups is 1. The zero-order chi connectivity index (χ0) is 20.4. The van der Waals surface area contributed by atoms with Crippen molar-refractivity contribution in [3.8, 4) is 0 Å². The Kier molecular flexibility index (Phi) is 13.7. The van der Waals surface area contributed by atoms with Gasteiger partial charge in [0.25, 0.3) is 0 Å². The number of ether oxygens (including phenoxy) is 1. The summed E-state index contributed by atoms with van der Waals surface area (Å²) in [6, 6.07) is 0. The summed E-state index contributed by atoms with van der Waals surface area (Å²) in [5, 5.41) is 6.90. The molecule has 0 aromatic carbocycles. The van der Waals surface area contributed by atoms with E-state index in [1.807, 2.05) is 7.05 Å². The van der Waals surface area contributed by atoms with Gasteiger partial charge in [-0.25, -0.2) is 0 Å². The van der Waals surface area contributed by atoms with Crippen molar-refractivity contribution in [3.63, 3.8) is 0 Å². The maximum atomic E-state index is 5.92. The molecule has 2 heterocycles. The molecule has 0 aliphatic carbocycles.